The summed E-state index contributed by atoms with van der Waals surface area (Å²) >= 11 is 0. The highest BCUT2D eigenvalue weighted by Gasteiger charge is 2.18. The molecule has 12 bridgehead atoms. The van der Waals surface area contributed by atoms with Gasteiger partial charge in [0.15, 0.2) is 0 Å². The quantitative estimate of drug-likeness (QED) is 0.197. The van der Waals surface area contributed by atoms with Crippen molar-refractivity contribution in [1.29, 1.82) is 0 Å². The summed E-state index contributed by atoms with van der Waals surface area (Å²) in [7, 11) is 0. The maximum Gasteiger partial charge on any atom is 0.360 e. The molecule has 0 atom stereocenters. The Morgan fingerprint density at radius 2 is 0.562 bits per heavy atom. The van der Waals surface area contributed by atoms with Crippen molar-refractivity contribution in [2.24, 2.45) is 0 Å². The van der Waals surface area contributed by atoms with E-state index in [-0.39, 0.29) is 35.9 Å². The smallest absolute Gasteiger partial charge is 0.360 e. The molecule has 2 amide bonds. The molecule has 0 N–H and O–H groups in total. The van der Waals surface area contributed by atoms with Crippen LogP contribution in [0.25, 0.3) is 0 Å². The van der Waals surface area contributed by atoms with Crippen molar-refractivity contribution < 1.29 is 28.5 Å². The molecule has 16 rings (SSSR count). The Morgan fingerprint density at radius 1 is 0.375 bits per heavy atom. The number of nitrogens with zero attached hydrogens (tertiary/aromatic N) is 10. The predicted molar refractivity (Wildman–Crippen MR) is 167 cm³/mol. The first-order valence-corrected chi connectivity index (χ1v) is 14.3. The third-order valence-electron chi connectivity index (χ3n) is 6.73. The van der Waals surface area contributed by atoms with Crippen LogP contribution in [0.2, 0.25) is 0 Å². The molecular formula is C32H22N10O6. The lowest BCUT2D eigenvalue weighted by molar-refractivity contribution is -0.116. The van der Waals surface area contributed by atoms with Crippen LogP contribution in [0.5, 0.6) is 47.0 Å². The second-order valence-electron chi connectivity index (χ2n) is 10.0. The largest absolute Gasteiger partial charge is 0.422 e. The maximum absolute atomic E-state index is 12.6. The molecular weight excluding hydrogens is 620 g/mol. The third-order valence-corrected chi connectivity index (χ3v) is 6.73. The van der Waals surface area contributed by atoms with Crippen molar-refractivity contribution in [3.63, 3.8) is 0 Å². The minimum atomic E-state index is -0.219. The first-order valence-electron chi connectivity index (χ1n) is 14.3. The van der Waals surface area contributed by atoms with Gasteiger partial charge in [-0.05, 0) is 97.1 Å². The summed E-state index contributed by atoms with van der Waals surface area (Å²) in [6, 6.07) is 26.4. The molecule has 10 aliphatic heterocycles. The van der Waals surface area contributed by atoms with E-state index in [2.05, 4.69) is 40.8 Å². The van der Waals surface area contributed by atoms with E-state index in [1.807, 2.05) is 0 Å². The standard InChI is InChI=1S/C32H22N10O6/c1-19(43)41-21-3-11-25(12-4-21)45-29-33-37-31(38-34-29)47-27-15-7-23(8-16-27)42(20(2)44)24-9-17-28(18-10-24)48-32-39-35-30(36-40-32)46-26-13-5-22(41)6-14-26/h3-18H,1-2H3. The number of aromatic nitrogens is 8. The summed E-state index contributed by atoms with van der Waals surface area (Å²) in [5.74, 6) is 1.12. The van der Waals surface area contributed by atoms with E-state index >= 15 is 0 Å². The van der Waals surface area contributed by atoms with Crippen LogP contribution < -0.4 is 28.7 Å². The zero-order valence-corrected chi connectivity index (χ0v) is 25.2. The van der Waals surface area contributed by atoms with Gasteiger partial charge in [-0.2, -0.15) is 0 Å². The van der Waals surface area contributed by atoms with Gasteiger partial charge in [-0.3, -0.25) is 19.4 Å². The van der Waals surface area contributed by atoms with Crippen molar-refractivity contribution in [3.8, 4) is 47.0 Å². The molecule has 16 heteroatoms. The first kappa shape index (κ1) is 29.6. The van der Waals surface area contributed by atoms with Crippen molar-refractivity contribution in [3.05, 3.63) is 97.1 Å². The number of carbonyl (C=O) groups excluding carboxylic acids is 2. The molecule has 236 valence electrons. The number of amides is 2. The van der Waals surface area contributed by atoms with Crippen molar-refractivity contribution in [1.82, 2.24) is 40.8 Å². The normalized spacial score (nSPS) is 12.3. The fourth-order valence-corrected chi connectivity index (χ4v) is 4.69. The lowest BCUT2D eigenvalue weighted by Crippen LogP contribution is -2.22. The van der Waals surface area contributed by atoms with E-state index in [0.717, 1.165) is 0 Å². The molecule has 0 saturated heterocycles. The van der Waals surface area contributed by atoms with Gasteiger partial charge in [-0.15, -0.1) is 0 Å². The highest BCUT2D eigenvalue weighted by atomic mass is 16.5. The van der Waals surface area contributed by atoms with Crippen LogP contribution in [-0.2, 0) is 9.59 Å². The molecule has 0 fully saturated rings. The highest BCUT2D eigenvalue weighted by molar-refractivity contribution is 5.99. The molecule has 2 aromatic heterocycles. The minimum absolute atomic E-state index is 0.110. The number of rotatable bonds is 0. The second kappa shape index (κ2) is 12.7. The van der Waals surface area contributed by atoms with Crippen LogP contribution in [-0.4, -0.2) is 52.6 Å². The minimum Gasteiger partial charge on any atom is -0.422 e. The number of ether oxygens (including phenoxy) is 4. The number of anilines is 4. The third kappa shape index (κ3) is 6.47. The SMILES string of the molecule is CC(=O)N1c2ccc(cc2)Oc2nnc(nn2)Oc2ccc(cc2)N(C(C)=O)c2ccc(cc2)Oc2nnc(nn2)Oc2ccc1cc2. The molecule has 0 saturated carbocycles. The predicted octanol–water partition coefficient (Wildman–Crippen LogP) is 5.70. The second-order valence-corrected chi connectivity index (χ2v) is 10.0. The van der Waals surface area contributed by atoms with Gasteiger partial charge in [0.05, 0.1) is 0 Å². The number of hydrogen-bond acceptors (Lipinski definition) is 14. The van der Waals surface area contributed by atoms with E-state index in [1.54, 1.807) is 97.1 Å². The summed E-state index contributed by atoms with van der Waals surface area (Å²) in [5, 5.41) is 31.5. The number of hydrogen-bond donors (Lipinski definition) is 0. The van der Waals surface area contributed by atoms with Gasteiger partial charge in [0.1, 0.15) is 23.0 Å². The molecule has 10 aliphatic rings. The zero-order chi connectivity index (χ0) is 33.0. The van der Waals surface area contributed by atoms with Gasteiger partial charge in [-0.25, -0.2) is 0 Å². The Kier molecular flexibility index (Phi) is 7.84. The summed E-state index contributed by atoms with van der Waals surface area (Å²) in [5.41, 5.74) is 2.35. The lowest BCUT2D eigenvalue weighted by atomic mass is 10.2. The molecule has 6 aromatic rings. The monoisotopic (exact) mass is 642 g/mol. The molecule has 0 spiro atoms. The van der Waals surface area contributed by atoms with E-state index < -0.39 is 0 Å². The molecule has 12 heterocycles. The van der Waals surface area contributed by atoms with Crippen LogP contribution in [0.1, 0.15) is 13.8 Å². The average molecular weight is 643 g/mol. The van der Waals surface area contributed by atoms with E-state index in [0.29, 0.717) is 45.7 Å². The number of carbonyl (C=O) groups is 2. The lowest BCUT2D eigenvalue weighted by Gasteiger charge is -2.22. The van der Waals surface area contributed by atoms with Crippen molar-refractivity contribution in [2.45, 2.75) is 13.8 Å². The van der Waals surface area contributed by atoms with E-state index in [9.17, 15) is 9.59 Å². The Hall–Kier alpha value is -7.10. The van der Waals surface area contributed by atoms with Gasteiger partial charge in [0.25, 0.3) is 0 Å². The summed E-state index contributed by atoms with van der Waals surface area (Å²) in [6.45, 7) is 2.90. The Balaban J connectivity index is 1.20. The molecule has 0 aliphatic carbocycles. The molecule has 16 nitrogen and oxygen atoms in total. The maximum atomic E-state index is 12.6. The topological polar surface area (TPSA) is 181 Å². The first-order chi connectivity index (χ1) is 23.4. The Labute approximate surface area is 271 Å². The zero-order valence-electron chi connectivity index (χ0n) is 25.2. The molecule has 4 aromatic carbocycles. The number of benzene rings is 4. The molecule has 48 heavy (non-hydrogen) atoms. The van der Waals surface area contributed by atoms with Gasteiger partial charge in [0.2, 0.25) is 11.8 Å². The van der Waals surface area contributed by atoms with Gasteiger partial charge >= 0.3 is 24.0 Å². The van der Waals surface area contributed by atoms with Crippen LogP contribution >= 0.6 is 0 Å². The van der Waals surface area contributed by atoms with Crippen LogP contribution in [0.15, 0.2) is 97.1 Å². The van der Waals surface area contributed by atoms with E-state index in [4.69, 9.17) is 18.9 Å². The van der Waals surface area contributed by atoms with Crippen molar-refractivity contribution in [2.75, 3.05) is 9.80 Å². The fraction of sp³-hybridized carbons (Fsp3) is 0.0625. The van der Waals surface area contributed by atoms with Gasteiger partial charge < -0.3 is 18.9 Å². The molecule has 0 unspecified atom stereocenters. The van der Waals surface area contributed by atoms with Gasteiger partial charge in [-0.1, -0.05) is 40.8 Å². The van der Waals surface area contributed by atoms with Crippen LogP contribution in [0.4, 0.5) is 22.7 Å². The highest BCUT2D eigenvalue weighted by Crippen LogP contribution is 2.32. The van der Waals surface area contributed by atoms with E-state index in [1.165, 1.54) is 23.6 Å². The fourth-order valence-electron chi connectivity index (χ4n) is 4.69. The van der Waals surface area contributed by atoms with Crippen LogP contribution in [0, 0.1) is 0 Å². The summed E-state index contributed by atoms with van der Waals surface area (Å²) in [6.07, 6.45) is 0. The van der Waals surface area contributed by atoms with Crippen molar-refractivity contribution >= 4 is 34.6 Å². The van der Waals surface area contributed by atoms with Gasteiger partial charge in [0, 0.05) is 36.6 Å². The summed E-state index contributed by atoms with van der Waals surface area (Å²) in [4.78, 5) is 28.3. The average Bonchev–Trinajstić information content (AvgIpc) is 3.09. The summed E-state index contributed by atoms with van der Waals surface area (Å²) < 4.78 is 22.7. The Bertz CT molecular complexity index is 1770. The van der Waals surface area contributed by atoms with Crippen LogP contribution in [0.3, 0.4) is 0 Å². The Morgan fingerprint density at radius 3 is 0.729 bits per heavy atom. The molecule has 0 radical (unpaired) electrons.